The number of carbonyl (C=O) groups is 3. The van der Waals surface area contributed by atoms with Crippen molar-refractivity contribution in [2.24, 2.45) is 0 Å². The van der Waals surface area contributed by atoms with Gasteiger partial charge in [0.25, 0.3) is 5.91 Å². The molecule has 1 saturated heterocycles. The summed E-state index contributed by atoms with van der Waals surface area (Å²) < 4.78 is 73.4. The number of morpholine rings is 1. The van der Waals surface area contributed by atoms with Crippen LogP contribution in [0.3, 0.4) is 0 Å². The predicted molar refractivity (Wildman–Crippen MR) is 83.1 cm³/mol. The van der Waals surface area contributed by atoms with E-state index in [-0.39, 0.29) is 31.0 Å². The Morgan fingerprint density at radius 1 is 1.22 bits per heavy atom. The number of carbonyl (C=O) groups excluding carboxylic acids is 2. The number of anilines is 1. The number of carboxylic acids is 1. The van der Waals surface area contributed by atoms with E-state index in [4.69, 9.17) is 9.84 Å². The zero-order chi connectivity index (χ0) is 20.7. The first-order valence-corrected chi connectivity index (χ1v) is 9.22. The molecule has 7 nitrogen and oxygen atoms in total. The highest BCUT2D eigenvalue weighted by atomic mass is 32.5. The van der Waals surface area contributed by atoms with Crippen LogP contribution in [0.25, 0.3) is 0 Å². The normalized spacial score (nSPS) is 21.8. The molecule has 152 valence electrons. The lowest BCUT2D eigenvalue weighted by atomic mass is 10.1. The number of hydrogen-bond acceptors (Lipinski definition) is 5. The van der Waals surface area contributed by atoms with E-state index in [0.717, 1.165) is 11.8 Å². The van der Waals surface area contributed by atoms with Crippen molar-refractivity contribution >= 4 is 33.8 Å². The summed E-state index contributed by atoms with van der Waals surface area (Å²) in [5.74, 6) is -3.66. The molecule has 1 aromatic rings. The van der Waals surface area contributed by atoms with E-state index in [1.54, 1.807) is 0 Å². The molecule has 1 N–H and O–H groups in total. The molecular formula is C14H14F5NO6S. The fraction of sp³-hybridized carbons (Fsp3) is 0.357. The van der Waals surface area contributed by atoms with Crippen LogP contribution in [0.5, 0.6) is 0 Å². The van der Waals surface area contributed by atoms with E-state index in [0.29, 0.717) is 12.1 Å². The van der Waals surface area contributed by atoms with Gasteiger partial charge in [0.1, 0.15) is 4.90 Å². The molecule has 0 aliphatic carbocycles. The Morgan fingerprint density at radius 2 is 1.78 bits per heavy atom. The number of ether oxygens (including phenoxy) is 2. The largest absolute Gasteiger partial charge is 0.478 e. The highest BCUT2D eigenvalue weighted by Crippen LogP contribution is 3.02. The maximum absolute atomic E-state index is 12.8. The summed E-state index contributed by atoms with van der Waals surface area (Å²) >= 11 is 0. The first-order chi connectivity index (χ1) is 12.1. The first kappa shape index (κ1) is 20.9. The van der Waals surface area contributed by atoms with Crippen LogP contribution in [0.1, 0.15) is 6.92 Å². The second-order valence-electron chi connectivity index (χ2n) is 5.61. The molecule has 1 heterocycles. The summed E-state index contributed by atoms with van der Waals surface area (Å²) in [5, 5.41) is 9.10. The number of nitrogens with zero attached hydrogens (tertiary/aromatic N) is 1. The van der Waals surface area contributed by atoms with Crippen molar-refractivity contribution in [2.45, 2.75) is 24.0 Å². The molecule has 0 bridgehead atoms. The molecule has 0 spiro atoms. The predicted octanol–water partition coefficient (Wildman–Crippen LogP) is 3.09. The third kappa shape index (κ3) is 4.86. The zero-order valence-corrected chi connectivity index (χ0v) is 14.4. The highest BCUT2D eigenvalue weighted by Gasteiger charge is 2.65. The lowest BCUT2D eigenvalue weighted by molar-refractivity contribution is -0.177. The maximum Gasteiger partial charge on any atom is 0.348 e. The van der Waals surface area contributed by atoms with Crippen molar-refractivity contribution in [3.05, 3.63) is 24.3 Å². The molecule has 1 amide bonds. The Kier molecular flexibility index (Phi) is 4.69. The van der Waals surface area contributed by atoms with Crippen molar-refractivity contribution in [2.75, 3.05) is 18.1 Å². The van der Waals surface area contributed by atoms with Gasteiger partial charge in [-0.3, -0.25) is 9.59 Å². The fourth-order valence-electron chi connectivity index (χ4n) is 2.38. The van der Waals surface area contributed by atoms with Gasteiger partial charge in [-0.25, -0.2) is 4.79 Å². The molecule has 0 aromatic heterocycles. The Bertz CT molecular complexity index is 782. The quantitative estimate of drug-likeness (QED) is 0.583. The number of carboxylic acid groups (broad SMARTS) is 1. The summed E-state index contributed by atoms with van der Waals surface area (Å²) in [6.45, 7) is 0.530. The number of benzene rings is 1. The Labute approximate surface area is 149 Å². The molecule has 0 unspecified atom stereocenters. The van der Waals surface area contributed by atoms with E-state index in [1.807, 2.05) is 0 Å². The highest BCUT2D eigenvalue weighted by molar-refractivity contribution is 8.45. The average Bonchev–Trinajstić information content (AvgIpc) is 2.51. The monoisotopic (exact) mass is 419 g/mol. The molecule has 27 heavy (non-hydrogen) atoms. The molecule has 2 atom stereocenters. The van der Waals surface area contributed by atoms with Crippen LogP contribution in [-0.2, 0) is 23.9 Å². The van der Waals surface area contributed by atoms with Crippen molar-refractivity contribution in [3.8, 4) is 0 Å². The smallest absolute Gasteiger partial charge is 0.348 e. The van der Waals surface area contributed by atoms with E-state index >= 15 is 0 Å². The van der Waals surface area contributed by atoms with Crippen LogP contribution in [0.4, 0.5) is 25.1 Å². The van der Waals surface area contributed by atoms with Crippen LogP contribution in [0.2, 0.25) is 0 Å². The molecule has 2 rings (SSSR count). The molecule has 1 aromatic carbocycles. The van der Waals surface area contributed by atoms with E-state index in [9.17, 15) is 33.8 Å². The number of halogens is 5. The number of esters is 1. The van der Waals surface area contributed by atoms with Gasteiger partial charge in [-0.1, -0.05) is 19.4 Å². The molecule has 1 aliphatic heterocycles. The van der Waals surface area contributed by atoms with Gasteiger partial charge >= 0.3 is 22.2 Å². The summed E-state index contributed by atoms with van der Waals surface area (Å²) in [7, 11) is -9.86. The van der Waals surface area contributed by atoms with Crippen LogP contribution in [0.15, 0.2) is 29.2 Å². The van der Waals surface area contributed by atoms with Gasteiger partial charge in [0.15, 0.2) is 6.10 Å². The van der Waals surface area contributed by atoms with Crippen LogP contribution < -0.4 is 4.90 Å². The fourth-order valence-corrected chi connectivity index (χ4v) is 3.03. The van der Waals surface area contributed by atoms with Crippen LogP contribution in [0, 0.1) is 0 Å². The number of amides is 1. The third-order valence-electron chi connectivity index (χ3n) is 3.53. The SMILES string of the molecule is CC(=O)O[C@@H](C(=O)O)[C@H]1OCCN(c2ccc(S(F)(F)(F)(F)F)cc2)C1=O. The van der Waals surface area contributed by atoms with Crippen LogP contribution in [-0.4, -0.2) is 48.3 Å². The minimum Gasteiger partial charge on any atom is -0.478 e. The molecule has 0 radical (unpaired) electrons. The minimum absolute atomic E-state index is 0.134. The van der Waals surface area contributed by atoms with Gasteiger partial charge in [-0.05, 0) is 24.3 Å². The summed E-state index contributed by atoms with van der Waals surface area (Å²) in [6.07, 6.45) is -3.71. The summed E-state index contributed by atoms with van der Waals surface area (Å²) in [6, 6.07) is 1.59. The molecule has 0 saturated carbocycles. The zero-order valence-electron chi connectivity index (χ0n) is 13.6. The third-order valence-corrected chi connectivity index (χ3v) is 4.69. The molecule has 13 heteroatoms. The first-order valence-electron chi connectivity index (χ1n) is 7.27. The second kappa shape index (κ2) is 6.05. The Morgan fingerprint density at radius 3 is 2.22 bits per heavy atom. The molecule has 1 aliphatic rings. The maximum atomic E-state index is 12.8. The van der Waals surface area contributed by atoms with E-state index in [1.165, 1.54) is 0 Å². The number of rotatable bonds is 5. The van der Waals surface area contributed by atoms with Gasteiger partial charge in [-0.15, -0.1) is 0 Å². The summed E-state index contributed by atoms with van der Waals surface area (Å²) in [4.78, 5) is 33.4. The Hall–Kier alpha value is -2.41. The number of aliphatic carboxylic acids is 1. The average molecular weight is 419 g/mol. The lowest BCUT2D eigenvalue weighted by Gasteiger charge is -2.40. The van der Waals surface area contributed by atoms with Gasteiger partial charge in [0, 0.05) is 19.2 Å². The van der Waals surface area contributed by atoms with E-state index < -0.39 is 45.2 Å². The standard InChI is InChI=1S/C14H14F5NO6S/c1-8(21)26-12(14(23)24)11-13(22)20(6-7-25-11)9-2-4-10(5-3-9)27(15,16,17,18)19/h2-5,11-12H,6-7H2,1H3,(H,23,24)/t11-,12-/m1/s1. The van der Waals surface area contributed by atoms with Crippen molar-refractivity contribution in [1.82, 2.24) is 0 Å². The van der Waals surface area contributed by atoms with E-state index in [2.05, 4.69) is 4.74 Å². The topological polar surface area (TPSA) is 93.1 Å². The van der Waals surface area contributed by atoms with Crippen molar-refractivity contribution in [3.63, 3.8) is 0 Å². The minimum atomic E-state index is -9.86. The van der Waals surface area contributed by atoms with Crippen LogP contribution >= 0.6 is 10.2 Å². The molecule has 1 fully saturated rings. The van der Waals surface area contributed by atoms with Gasteiger partial charge in [-0.2, -0.15) is 0 Å². The molecular weight excluding hydrogens is 405 g/mol. The lowest BCUT2D eigenvalue weighted by Crippen LogP contribution is -2.55. The second-order valence-corrected chi connectivity index (χ2v) is 8.02. The summed E-state index contributed by atoms with van der Waals surface area (Å²) in [5.41, 5.74) is -0.175. The van der Waals surface area contributed by atoms with Crippen molar-refractivity contribution in [1.29, 1.82) is 0 Å². The van der Waals surface area contributed by atoms with Gasteiger partial charge in [0.2, 0.25) is 6.10 Å². The van der Waals surface area contributed by atoms with Crippen molar-refractivity contribution < 1.29 is 48.4 Å². The van der Waals surface area contributed by atoms with Gasteiger partial charge < -0.3 is 19.5 Å². The number of hydrogen-bond donors (Lipinski definition) is 1. The van der Waals surface area contributed by atoms with Gasteiger partial charge in [0.05, 0.1) is 6.61 Å². The Balaban J connectivity index is 2.30.